The molecule has 1 fully saturated rings. The van der Waals surface area contributed by atoms with Gasteiger partial charge in [-0.05, 0) is 67.7 Å². The van der Waals surface area contributed by atoms with Gasteiger partial charge in [-0.1, -0.05) is 25.1 Å². The average Bonchev–Trinajstić information content (AvgIpc) is 3.07. The second kappa shape index (κ2) is 4.45. The molecule has 0 radical (unpaired) electrons. The van der Waals surface area contributed by atoms with Crippen molar-refractivity contribution in [2.45, 2.75) is 45.1 Å². The van der Waals surface area contributed by atoms with E-state index in [1.54, 1.807) is 11.1 Å². The van der Waals surface area contributed by atoms with Crippen molar-refractivity contribution < 1.29 is 0 Å². The summed E-state index contributed by atoms with van der Waals surface area (Å²) in [7, 11) is 2.11. The third-order valence-corrected chi connectivity index (χ3v) is 4.64. The lowest BCUT2D eigenvalue weighted by Gasteiger charge is -2.21. The molecular weight excluding hydrogens is 206 g/mol. The molecule has 3 unspecified atom stereocenters. The number of nitrogens with one attached hydrogen (secondary N) is 1. The minimum atomic E-state index is 0.581. The summed E-state index contributed by atoms with van der Waals surface area (Å²) in [6.45, 7) is 2.37. The van der Waals surface area contributed by atoms with Crippen LogP contribution in [0, 0.1) is 11.8 Å². The number of hydrogen-bond donors (Lipinski definition) is 1. The molecular formula is C16H23N. The molecule has 1 N–H and O–H groups in total. The summed E-state index contributed by atoms with van der Waals surface area (Å²) in [5.41, 5.74) is 4.73. The first-order chi connectivity index (χ1) is 8.29. The van der Waals surface area contributed by atoms with E-state index in [0.29, 0.717) is 6.04 Å². The molecule has 0 spiro atoms. The fraction of sp³-hybridized carbons (Fsp3) is 0.625. The molecule has 1 aromatic carbocycles. The van der Waals surface area contributed by atoms with E-state index in [-0.39, 0.29) is 0 Å². The first-order valence-corrected chi connectivity index (χ1v) is 7.08. The lowest BCUT2D eigenvalue weighted by molar-refractivity contribution is 0.503. The van der Waals surface area contributed by atoms with Gasteiger partial charge in [-0.3, -0.25) is 0 Å². The van der Waals surface area contributed by atoms with Crippen LogP contribution in [0.4, 0.5) is 0 Å². The van der Waals surface area contributed by atoms with E-state index in [1.807, 2.05) is 0 Å². The summed E-state index contributed by atoms with van der Waals surface area (Å²) < 4.78 is 0. The molecule has 3 atom stereocenters. The number of rotatable bonds is 3. The Bertz CT molecular complexity index is 410. The maximum absolute atomic E-state index is 3.52. The lowest BCUT2D eigenvalue weighted by atomic mass is 9.88. The van der Waals surface area contributed by atoms with Gasteiger partial charge in [-0.2, -0.15) is 0 Å². The van der Waals surface area contributed by atoms with Crippen molar-refractivity contribution in [2.75, 3.05) is 7.05 Å². The molecule has 0 aliphatic heterocycles. The van der Waals surface area contributed by atoms with Crippen LogP contribution in [-0.4, -0.2) is 7.05 Å². The van der Waals surface area contributed by atoms with Gasteiger partial charge in [0, 0.05) is 6.04 Å². The SMILES string of the molecule is CNC(c1ccc2c(c1)CCCC2)C1CC1C. The standard InChI is InChI=1S/C16H23N/c1-11-9-15(11)16(17-2)14-8-7-12-5-3-4-6-13(12)10-14/h7-8,10-11,15-17H,3-6,9H2,1-2H3. The Morgan fingerprint density at radius 3 is 2.53 bits per heavy atom. The Morgan fingerprint density at radius 2 is 1.88 bits per heavy atom. The van der Waals surface area contributed by atoms with Gasteiger partial charge in [0.2, 0.25) is 0 Å². The smallest absolute Gasteiger partial charge is 0.0348 e. The highest BCUT2D eigenvalue weighted by Crippen LogP contribution is 2.47. The average molecular weight is 229 g/mol. The summed E-state index contributed by atoms with van der Waals surface area (Å²) in [4.78, 5) is 0. The molecule has 17 heavy (non-hydrogen) atoms. The summed E-state index contributed by atoms with van der Waals surface area (Å²) in [6, 6.07) is 7.79. The Kier molecular flexibility index (Phi) is 2.96. The van der Waals surface area contributed by atoms with Crippen molar-refractivity contribution in [3.05, 3.63) is 34.9 Å². The summed E-state index contributed by atoms with van der Waals surface area (Å²) in [5, 5.41) is 3.52. The third-order valence-electron chi connectivity index (χ3n) is 4.64. The fourth-order valence-corrected chi connectivity index (χ4v) is 3.39. The van der Waals surface area contributed by atoms with Gasteiger partial charge >= 0.3 is 0 Å². The molecule has 0 saturated heterocycles. The number of hydrogen-bond acceptors (Lipinski definition) is 1. The molecule has 0 aromatic heterocycles. The third kappa shape index (κ3) is 2.13. The summed E-state index contributed by atoms with van der Waals surface area (Å²) >= 11 is 0. The van der Waals surface area contributed by atoms with Crippen LogP contribution < -0.4 is 5.32 Å². The van der Waals surface area contributed by atoms with Crippen molar-refractivity contribution in [1.29, 1.82) is 0 Å². The zero-order chi connectivity index (χ0) is 11.8. The molecule has 1 saturated carbocycles. The molecule has 1 aromatic rings. The van der Waals surface area contributed by atoms with Crippen LogP contribution in [0.2, 0.25) is 0 Å². The maximum Gasteiger partial charge on any atom is 0.0348 e. The van der Waals surface area contributed by atoms with Gasteiger partial charge in [0.05, 0.1) is 0 Å². The van der Waals surface area contributed by atoms with Crippen molar-refractivity contribution in [3.63, 3.8) is 0 Å². The van der Waals surface area contributed by atoms with Gasteiger partial charge in [0.25, 0.3) is 0 Å². The van der Waals surface area contributed by atoms with E-state index < -0.39 is 0 Å². The number of fused-ring (bicyclic) bond motifs is 1. The van der Waals surface area contributed by atoms with E-state index in [9.17, 15) is 0 Å². The van der Waals surface area contributed by atoms with E-state index in [2.05, 4.69) is 37.5 Å². The van der Waals surface area contributed by atoms with Crippen molar-refractivity contribution in [1.82, 2.24) is 5.32 Å². The van der Waals surface area contributed by atoms with Crippen LogP contribution in [0.5, 0.6) is 0 Å². The minimum Gasteiger partial charge on any atom is -0.313 e. The lowest BCUT2D eigenvalue weighted by Crippen LogP contribution is -2.19. The van der Waals surface area contributed by atoms with Crippen LogP contribution in [0.1, 0.15) is 48.9 Å². The molecule has 0 bridgehead atoms. The van der Waals surface area contributed by atoms with E-state index in [4.69, 9.17) is 0 Å². The largest absolute Gasteiger partial charge is 0.313 e. The normalized spacial score (nSPS) is 28.6. The van der Waals surface area contributed by atoms with Crippen LogP contribution in [-0.2, 0) is 12.8 Å². The van der Waals surface area contributed by atoms with Crippen LogP contribution in [0.15, 0.2) is 18.2 Å². The minimum absolute atomic E-state index is 0.581. The van der Waals surface area contributed by atoms with Crippen LogP contribution >= 0.6 is 0 Å². The molecule has 0 amide bonds. The van der Waals surface area contributed by atoms with E-state index >= 15 is 0 Å². The summed E-state index contributed by atoms with van der Waals surface area (Å²) in [6.07, 6.45) is 6.73. The first kappa shape index (κ1) is 11.3. The van der Waals surface area contributed by atoms with Crippen molar-refractivity contribution in [2.24, 2.45) is 11.8 Å². The Hall–Kier alpha value is -0.820. The maximum atomic E-state index is 3.52. The fourth-order valence-electron chi connectivity index (χ4n) is 3.39. The summed E-state index contributed by atoms with van der Waals surface area (Å²) in [5.74, 6) is 1.77. The van der Waals surface area contributed by atoms with Gasteiger partial charge < -0.3 is 5.32 Å². The highest BCUT2D eigenvalue weighted by Gasteiger charge is 2.39. The highest BCUT2D eigenvalue weighted by molar-refractivity contribution is 5.36. The molecule has 1 heteroatoms. The number of aryl methyl sites for hydroxylation is 2. The zero-order valence-corrected chi connectivity index (χ0v) is 11.0. The first-order valence-electron chi connectivity index (χ1n) is 7.08. The Morgan fingerprint density at radius 1 is 1.18 bits per heavy atom. The number of benzene rings is 1. The van der Waals surface area contributed by atoms with Gasteiger partial charge in [-0.15, -0.1) is 0 Å². The molecule has 2 aliphatic carbocycles. The zero-order valence-electron chi connectivity index (χ0n) is 11.0. The van der Waals surface area contributed by atoms with E-state index in [0.717, 1.165) is 11.8 Å². The second-order valence-electron chi connectivity index (χ2n) is 5.88. The van der Waals surface area contributed by atoms with Gasteiger partial charge in [0.1, 0.15) is 0 Å². The predicted octanol–water partition coefficient (Wildman–Crippen LogP) is 3.48. The predicted molar refractivity (Wildman–Crippen MR) is 72.2 cm³/mol. The van der Waals surface area contributed by atoms with Crippen molar-refractivity contribution in [3.8, 4) is 0 Å². The molecule has 3 rings (SSSR count). The molecule has 2 aliphatic rings. The quantitative estimate of drug-likeness (QED) is 0.836. The monoisotopic (exact) mass is 229 g/mol. The Balaban J connectivity index is 1.86. The van der Waals surface area contributed by atoms with Crippen molar-refractivity contribution >= 4 is 0 Å². The highest BCUT2D eigenvalue weighted by atomic mass is 14.9. The Labute approximate surface area is 105 Å². The molecule has 1 nitrogen and oxygen atoms in total. The molecule has 92 valence electrons. The van der Waals surface area contributed by atoms with Crippen LogP contribution in [0.3, 0.4) is 0 Å². The van der Waals surface area contributed by atoms with Gasteiger partial charge in [-0.25, -0.2) is 0 Å². The topological polar surface area (TPSA) is 12.0 Å². The van der Waals surface area contributed by atoms with Gasteiger partial charge in [0.15, 0.2) is 0 Å². The van der Waals surface area contributed by atoms with Crippen LogP contribution in [0.25, 0.3) is 0 Å². The molecule has 0 heterocycles. The van der Waals surface area contributed by atoms with E-state index in [1.165, 1.54) is 37.7 Å². The second-order valence-corrected chi connectivity index (χ2v) is 5.88.